The number of nitrogens with one attached hydrogen (secondary N) is 1. The fourth-order valence-electron chi connectivity index (χ4n) is 0.375. The summed E-state index contributed by atoms with van der Waals surface area (Å²) in [7, 11) is 0. The summed E-state index contributed by atoms with van der Waals surface area (Å²) in [6.45, 7) is 2.67. The van der Waals surface area contributed by atoms with Crippen LogP contribution < -0.4 is 5.32 Å². The van der Waals surface area contributed by atoms with E-state index in [1.54, 1.807) is 0 Å². The van der Waals surface area contributed by atoms with Gasteiger partial charge in [0.15, 0.2) is 0 Å². The Morgan fingerprint density at radius 2 is 2.00 bits per heavy atom. The molecule has 0 spiro atoms. The minimum atomic E-state index is 0. The normalized spacial score (nSPS) is 12.3. The molecule has 0 bridgehead atoms. The van der Waals surface area contributed by atoms with Gasteiger partial charge in [-0.2, -0.15) is 0 Å². The summed E-state index contributed by atoms with van der Waals surface area (Å²) in [5, 5.41) is 19.6. The molecule has 58 valence electrons. The van der Waals surface area contributed by atoms with E-state index in [9.17, 15) is 0 Å². The lowest BCUT2D eigenvalue weighted by molar-refractivity contribution is 0.234. The van der Waals surface area contributed by atoms with Crippen LogP contribution in [0.25, 0.3) is 0 Å². The van der Waals surface area contributed by atoms with Crippen LogP contribution in [0.1, 0.15) is 6.92 Å². The topological polar surface area (TPSA) is 52.5 Å². The molecule has 9 heavy (non-hydrogen) atoms. The molecular weight excluding hydrogens is 142 g/mol. The minimum absolute atomic E-state index is 0. The van der Waals surface area contributed by atoms with Crippen LogP contribution in [0, 0.1) is 0 Å². The fraction of sp³-hybridized carbons (Fsp3) is 1.00. The highest BCUT2D eigenvalue weighted by atomic mass is 35.5. The van der Waals surface area contributed by atoms with Gasteiger partial charge in [0.25, 0.3) is 0 Å². The molecule has 0 aliphatic heterocycles. The summed E-state index contributed by atoms with van der Waals surface area (Å²) in [5.74, 6) is 0. The number of hydrogen-bond acceptors (Lipinski definition) is 3. The maximum Gasteiger partial charge on any atom is 0.0581 e. The number of rotatable bonds is 4. The molecule has 0 aromatic rings. The van der Waals surface area contributed by atoms with Gasteiger partial charge in [0.05, 0.1) is 13.2 Å². The Morgan fingerprint density at radius 3 is 2.33 bits per heavy atom. The van der Waals surface area contributed by atoms with E-state index in [0.717, 1.165) is 0 Å². The second kappa shape index (κ2) is 8.17. The van der Waals surface area contributed by atoms with Crippen LogP contribution in [0.2, 0.25) is 0 Å². The van der Waals surface area contributed by atoms with Crippen molar-refractivity contribution < 1.29 is 10.2 Å². The molecule has 0 aromatic heterocycles. The minimum Gasteiger partial charge on any atom is -0.395 e. The summed E-state index contributed by atoms with van der Waals surface area (Å²) in [6.07, 6.45) is 0. The Kier molecular flexibility index (Phi) is 10.8. The van der Waals surface area contributed by atoms with Crippen molar-refractivity contribution in [3.8, 4) is 0 Å². The van der Waals surface area contributed by atoms with Crippen molar-refractivity contribution >= 4 is 12.4 Å². The van der Waals surface area contributed by atoms with Crippen molar-refractivity contribution in [3.63, 3.8) is 0 Å². The van der Waals surface area contributed by atoms with Crippen molar-refractivity contribution in [1.29, 1.82) is 0 Å². The van der Waals surface area contributed by atoms with Crippen molar-refractivity contribution in [2.75, 3.05) is 19.8 Å². The molecule has 4 heteroatoms. The Bertz CT molecular complexity index is 54.2. The van der Waals surface area contributed by atoms with E-state index in [-0.39, 0.29) is 31.7 Å². The molecular formula is C5H14ClNO2. The maximum absolute atomic E-state index is 8.42. The van der Waals surface area contributed by atoms with Gasteiger partial charge in [0.2, 0.25) is 0 Å². The zero-order valence-corrected chi connectivity index (χ0v) is 6.32. The van der Waals surface area contributed by atoms with Gasteiger partial charge >= 0.3 is 0 Å². The van der Waals surface area contributed by atoms with Crippen LogP contribution in [-0.4, -0.2) is 36.0 Å². The maximum atomic E-state index is 8.42. The van der Waals surface area contributed by atoms with Crippen LogP contribution in [-0.2, 0) is 0 Å². The molecule has 0 aliphatic rings. The third kappa shape index (κ3) is 8.17. The van der Waals surface area contributed by atoms with E-state index in [1.165, 1.54) is 0 Å². The van der Waals surface area contributed by atoms with Gasteiger partial charge in [0, 0.05) is 12.6 Å². The third-order valence-electron chi connectivity index (χ3n) is 0.878. The molecule has 0 radical (unpaired) electrons. The molecule has 0 aliphatic carbocycles. The standard InChI is InChI=1S/C5H13NO2.ClH/c1-5(4-8)6-2-3-7;/h5-8H,2-4H2,1H3;1H. The lowest BCUT2D eigenvalue weighted by Crippen LogP contribution is -2.31. The van der Waals surface area contributed by atoms with Crippen molar-refractivity contribution in [2.24, 2.45) is 0 Å². The smallest absolute Gasteiger partial charge is 0.0581 e. The monoisotopic (exact) mass is 155 g/mol. The molecule has 1 unspecified atom stereocenters. The van der Waals surface area contributed by atoms with E-state index in [2.05, 4.69) is 5.32 Å². The number of aliphatic hydroxyl groups is 2. The molecule has 0 saturated heterocycles. The van der Waals surface area contributed by atoms with Gasteiger partial charge in [0.1, 0.15) is 0 Å². The fourth-order valence-corrected chi connectivity index (χ4v) is 0.375. The summed E-state index contributed by atoms with van der Waals surface area (Å²) >= 11 is 0. The largest absolute Gasteiger partial charge is 0.395 e. The summed E-state index contributed by atoms with van der Waals surface area (Å²) in [6, 6.07) is 0.0992. The van der Waals surface area contributed by atoms with Crippen molar-refractivity contribution in [3.05, 3.63) is 0 Å². The molecule has 0 fully saturated rings. The highest BCUT2D eigenvalue weighted by molar-refractivity contribution is 5.85. The molecule has 0 amide bonds. The lowest BCUT2D eigenvalue weighted by atomic mass is 10.4. The average Bonchev–Trinajstić information content (AvgIpc) is 1.83. The van der Waals surface area contributed by atoms with Gasteiger partial charge < -0.3 is 15.5 Å². The van der Waals surface area contributed by atoms with Gasteiger partial charge in [-0.1, -0.05) is 0 Å². The van der Waals surface area contributed by atoms with Crippen LogP contribution >= 0.6 is 12.4 Å². The highest BCUT2D eigenvalue weighted by Crippen LogP contribution is 1.73. The third-order valence-corrected chi connectivity index (χ3v) is 0.878. The first-order valence-corrected chi connectivity index (χ1v) is 2.76. The van der Waals surface area contributed by atoms with Gasteiger partial charge in [-0.05, 0) is 6.92 Å². The summed E-state index contributed by atoms with van der Waals surface area (Å²) < 4.78 is 0. The van der Waals surface area contributed by atoms with Crippen molar-refractivity contribution in [1.82, 2.24) is 5.32 Å². The zero-order valence-electron chi connectivity index (χ0n) is 5.50. The first kappa shape index (κ1) is 11.9. The number of halogens is 1. The van der Waals surface area contributed by atoms with E-state index >= 15 is 0 Å². The molecule has 1 atom stereocenters. The lowest BCUT2D eigenvalue weighted by Gasteiger charge is -2.07. The second-order valence-corrected chi connectivity index (χ2v) is 1.76. The number of aliphatic hydroxyl groups excluding tert-OH is 2. The van der Waals surface area contributed by atoms with Crippen LogP contribution in [0.4, 0.5) is 0 Å². The van der Waals surface area contributed by atoms with Gasteiger partial charge in [-0.3, -0.25) is 0 Å². The van der Waals surface area contributed by atoms with Crippen LogP contribution in [0.3, 0.4) is 0 Å². The van der Waals surface area contributed by atoms with E-state index in [1.807, 2.05) is 6.92 Å². The van der Waals surface area contributed by atoms with Gasteiger partial charge in [-0.25, -0.2) is 0 Å². The quantitative estimate of drug-likeness (QED) is 0.507. The van der Waals surface area contributed by atoms with E-state index in [4.69, 9.17) is 10.2 Å². The van der Waals surface area contributed by atoms with Gasteiger partial charge in [-0.15, -0.1) is 12.4 Å². The number of hydrogen-bond donors (Lipinski definition) is 3. The average molecular weight is 156 g/mol. The molecule has 0 heterocycles. The zero-order chi connectivity index (χ0) is 6.41. The van der Waals surface area contributed by atoms with Crippen LogP contribution in [0.15, 0.2) is 0 Å². The molecule has 0 aromatic carbocycles. The molecule has 0 saturated carbocycles. The van der Waals surface area contributed by atoms with Crippen LogP contribution in [0.5, 0.6) is 0 Å². The summed E-state index contributed by atoms with van der Waals surface area (Å²) in [5.41, 5.74) is 0. The first-order valence-electron chi connectivity index (χ1n) is 2.76. The first-order chi connectivity index (χ1) is 3.81. The molecule has 3 nitrogen and oxygen atoms in total. The highest BCUT2D eigenvalue weighted by Gasteiger charge is 1.93. The predicted molar refractivity (Wildman–Crippen MR) is 38.9 cm³/mol. The van der Waals surface area contributed by atoms with Crippen molar-refractivity contribution in [2.45, 2.75) is 13.0 Å². The Labute approximate surface area is 61.5 Å². The summed E-state index contributed by atoms with van der Waals surface area (Å²) in [4.78, 5) is 0. The van der Waals surface area contributed by atoms with E-state index < -0.39 is 0 Å². The Hall–Kier alpha value is 0.170. The SMILES string of the molecule is CC(CO)NCCO.Cl. The Balaban J connectivity index is 0. The molecule has 3 N–H and O–H groups in total. The predicted octanol–water partition coefficient (Wildman–Crippen LogP) is -0.629. The second-order valence-electron chi connectivity index (χ2n) is 1.76. The molecule has 0 rings (SSSR count). The Morgan fingerprint density at radius 1 is 1.44 bits per heavy atom. The van der Waals surface area contributed by atoms with E-state index in [0.29, 0.717) is 6.54 Å².